The Hall–Kier alpha value is -2.66. The Morgan fingerprint density at radius 3 is 2.48 bits per heavy atom. The average Bonchev–Trinajstić information content (AvgIpc) is 2.73. The number of rotatable bonds is 6. The molecule has 0 saturated carbocycles. The fourth-order valence-electron chi connectivity index (χ4n) is 3.19. The monoisotopic (exact) mass is 418 g/mol. The number of nitrogens with zero attached hydrogens (tertiary/aromatic N) is 4. The lowest BCUT2D eigenvalue weighted by molar-refractivity contribution is -0.131. The molecule has 9 nitrogen and oxygen atoms in total. The molecule has 1 N–H and O–H groups in total. The van der Waals surface area contributed by atoms with Crippen LogP contribution in [0, 0.1) is 4.91 Å². The number of allylic oxidation sites excluding steroid dienone is 2. The molecule has 0 bridgehead atoms. The molecule has 3 rings (SSSR count). The van der Waals surface area contributed by atoms with E-state index in [-0.39, 0.29) is 30.2 Å². The van der Waals surface area contributed by atoms with Crippen molar-refractivity contribution in [3.8, 4) is 0 Å². The predicted molar refractivity (Wildman–Crippen MR) is 107 cm³/mol. The van der Waals surface area contributed by atoms with Crippen LogP contribution in [-0.4, -0.2) is 72.5 Å². The molecule has 1 aromatic carbocycles. The summed E-state index contributed by atoms with van der Waals surface area (Å²) in [6.45, 7) is 4.66. The molecule has 154 valence electrons. The van der Waals surface area contributed by atoms with Gasteiger partial charge in [-0.25, -0.2) is 8.42 Å². The van der Waals surface area contributed by atoms with Gasteiger partial charge in [-0.3, -0.25) is 9.69 Å². The van der Waals surface area contributed by atoms with Gasteiger partial charge < -0.3 is 5.11 Å². The molecule has 1 unspecified atom stereocenters. The number of aliphatic hydroxyl groups is 1. The second-order valence-electron chi connectivity index (χ2n) is 6.71. The molecular formula is C19H22N4O5S. The average molecular weight is 418 g/mol. The van der Waals surface area contributed by atoms with Gasteiger partial charge in [0.05, 0.1) is 22.4 Å². The van der Waals surface area contributed by atoms with Crippen LogP contribution in [0.4, 0.5) is 0 Å². The Kier molecular flexibility index (Phi) is 6.38. The Balaban J connectivity index is 1.61. The highest BCUT2D eigenvalue weighted by Crippen LogP contribution is 2.22. The number of carbonyl (C=O) groups excluding carboxylic acids is 1. The van der Waals surface area contributed by atoms with Gasteiger partial charge in [-0.05, 0) is 23.8 Å². The van der Waals surface area contributed by atoms with Crippen LogP contribution < -0.4 is 0 Å². The molecule has 0 spiro atoms. The van der Waals surface area contributed by atoms with E-state index in [0.29, 0.717) is 23.7 Å². The molecule has 29 heavy (non-hydrogen) atoms. The molecule has 1 atom stereocenters. The van der Waals surface area contributed by atoms with Crippen LogP contribution in [0.2, 0.25) is 0 Å². The minimum atomic E-state index is -3.58. The van der Waals surface area contributed by atoms with Gasteiger partial charge in [-0.15, -0.1) is 4.91 Å². The summed E-state index contributed by atoms with van der Waals surface area (Å²) in [5.74, 6) is -0.604. The third-order valence-corrected chi connectivity index (χ3v) is 6.76. The summed E-state index contributed by atoms with van der Waals surface area (Å²) in [5, 5.41) is 13.5. The lowest BCUT2D eigenvalue weighted by Crippen LogP contribution is -2.51. The van der Waals surface area contributed by atoms with Gasteiger partial charge in [0.15, 0.2) is 0 Å². The van der Waals surface area contributed by atoms with Gasteiger partial charge in [0.25, 0.3) is 5.91 Å². The van der Waals surface area contributed by atoms with Crippen LogP contribution in [0.25, 0.3) is 0 Å². The van der Waals surface area contributed by atoms with Crippen LogP contribution >= 0.6 is 0 Å². The van der Waals surface area contributed by atoms with Crippen LogP contribution in [0.15, 0.2) is 76.6 Å². The SMILES string of the molecule is C=C1C=CC=C(N(N=O)C(=O)CN2CCN(S(=O)(=O)c3ccccc3)CC2)C1O. The van der Waals surface area contributed by atoms with Crippen LogP contribution in [0.1, 0.15) is 0 Å². The predicted octanol–water partition coefficient (Wildman–Crippen LogP) is 0.874. The molecule has 2 aliphatic rings. The van der Waals surface area contributed by atoms with Gasteiger partial charge >= 0.3 is 0 Å². The first-order valence-corrected chi connectivity index (χ1v) is 10.5. The molecule has 10 heteroatoms. The topological polar surface area (TPSA) is 111 Å². The summed E-state index contributed by atoms with van der Waals surface area (Å²) < 4.78 is 26.7. The lowest BCUT2D eigenvalue weighted by Gasteiger charge is -2.34. The highest BCUT2D eigenvalue weighted by atomic mass is 32.2. The van der Waals surface area contributed by atoms with Crippen molar-refractivity contribution in [2.75, 3.05) is 32.7 Å². The minimum absolute atomic E-state index is 0.0443. The number of aliphatic hydroxyl groups excluding tert-OH is 1. The Bertz CT molecular complexity index is 950. The zero-order valence-corrected chi connectivity index (χ0v) is 16.5. The molecule has 1 amide bonds. The van der Waals surface area contributed by atoms with Crippen molar-refractivity contribution in [3.63, 3.8) is 0 Å². The fourth-order valence-corrected chi connectivity index (χ4v) is 4.64. The van der Waals surface area contributed by atoms with Crippen molar-refractivity contribution >= 4 is 15.9 Å². The minimum Gasteiger partial charge on any atom is -0.382 e. The van der Waals surface area contributed by atoms with Gasteiger partial charge in [0, 0.05) is 26.2 Å². The van der Waals surface area contributed by atoms with Crippen molar-refractivity contribution < 1.29 is 18.3 Å². The van der Waals surface area contributed by atoms with E-state index in [0.717, 1.165) is 0 Å². The number of amides is 1. The number of benzene rings is 1. The molecule has 1 aromatic rings. The number of piperazine rings is 1. The summed E-state index contributed by atoms with van der Waals surface area (Å²) in [6, 6.07) is 8.18. The molecule has 1 saturated heterocycles. The van der Waals surface area contributed by atoms with E-state index in [1.807, 2.05) is 0 Å². The summed E-state index contributed by atoms with van der Waals surface area (Å²) in [7, 11) is -3.58. The summed E-state index contributed by atoms with van der Waals surface area (Å²) in [6.07, 6.45) is 3.40. The normalized spacial score (nSPS) is 20.9. The fraction of sp³-hybridized carbons (Fsp3) is 0.316. The number of carbonyl (C=O) groups is 1. The maximum atomic E-state index is 12.7. The van der Waals surface area contributed by atoms with E-state index in [2.05, 4.69) is 11.9 Å². The summed E-state index contributed by atoms with van der Waals surface area (Å²) in [4.78, 5) is 25.7. The molecule has 1 heterocycles. The molecule has 1 fully saturated rings. The van der Waals surface area contributed by atoms with Gasteiger partial charge in [0.1, 0.15) is 6.10 Å². The van der Waals surface area contributed by atoms with Crippen molar-refractivity contribution in [1.29, 1.82) is 0 Å². The Labute approximate surface area is 169 Å². The first-order valence-electron chi connectivity index (χ1n) is 9.03. The van der Waals surface area contributed by atoms with E-state index < -0.39 is 22.0 Å². The van der Waals surface area contributed by atoms with Gasteiger partial charge in [0.2, 0.25) is 10.0 Å². The maximum absolute atomic E-state index is 12.7. The standard InChI is InChI=1S/C19H22N4O5S/c1-15-6-5-9-17(19(15)25)23(20-26)18(24)14-21-10-12-22(13-11-21)29(27,28)16-7-3-2-4-8-16/h2-9,19,25H,1,10-14H2. The molecular weight excluding hydrogens is 396 g/mol. The number of hydrogen-bond donors (Lipinski definition) is 1. The van der Waals surface area contributed by atoms with Crippen molar-refractivity contribution in [2.45, 2.75) is 11.0 Å². The van der Waals surface area contributed by atoms with Gasteiger partial charge in [-0.2, -0.15) is 9.31 Å². The lowest BCUT2D eigenvalue weighted by atomic mass is 10.0. The molecule has 0 aromatic heterocycles. The van der Waals surface area contributed by atoms with E-state index in [1.165, 1.54) is 10.4 Å². The van der Waals surface area contributed by atoms with Crippen molar-refractivity contribution in [3.05, 3.63) is 71.3 Å². The maximum Gasteiger partial charge on any atom is 0.263 e. The molecule has 0 radical (unpaired) electrons. The highest BCUT2D eigenvalue weighted by molar-refractivity contribution is 7.89. The number of hydrogen-bond acceptors (Lipinski definition) is 7. The largest absolute Gasteiger partial charge is 0.382 e. The molecule has 1 aliphatic carbocycles. The van der Waals surface area contributed by atoms with E-state index >= 15 is 0 Å². The van der Waals surface area contributed by atoms with Crippen molar-refractivity contribution in [2.24, 2.45) is 5.29 Å². The van der Waals surface area contributed by atoms with Crippen LogP contribution in [-0.2, 0) is 14.8 Å². The van der Waals surface area contributed by atoms with E-state index in [9.17, 15) is 23.2 Å². The number of nitroso groups, excluding NO2 is 1. The van der Waals surface area contributed by atoms with Gasteiger partial charge in [-0.1, -0.05) is 36.9 Å². The third-order valence-electron chi connectivity index (χ3n) is 4.84. The van der Waals surface area contributed by atoms with Crippen LogP contribution in [0.3, 0.4) is 0 Å². The molecule has 1 aliphatic heterocycles. The first kappa shape index (κ1) is 21.1. The smallest absolute Gasteiger partial charge is 0.263 e. The quantitative estimate of drug-likeness (QED) is 0.542. The van der Waals surface area contributed by atoms with Crippen LogP contribution in [0.5, 0.6) is 0 Å². The zero-order valence-electron chi connectivity index (χ0n) is 15.7. The van der Waals surface area contributed by atoms with E-state index in [4.69, 9.17) is 0 Å². The Morgan fingerprint density at radius 1 is 1.21 bits per heavy atom. The first-order chi connectivity index (χ1) is 13.8. The highest BCUT2D eigenvalue weighted by Gasteiger charge is 2.32. The second-order valence-corrected chi connectivity index (χ2v) is 8.65. The summed E-state index contributed by atoms with van der Waals surface area (Å²) >= 11 is 0. The number of sulfonamides is 1. The Morgan fingerprint density at radius 2 is 1.86 bits per heavy atom. The van der Waals surface area contributed by atoms with E-state index in [1.54, 1.807) is 47.4 Å². The summed E-state index contributed by atoms with van der Waals surface area (Å²) in [5.41, 5.74) is 0.395. The third kappa shape index (κ3) is 4.51. The zero-order chi connectivity index (χ0) is 21.0. The van der Waals surface area contributed by atoms with Crippen molar-refractivity contribution in [1.82, 2.24) is 14.2 Å². The second kappa shape index (κ2) is 8.78.